The molecule has 2 fully saturated rings. The number of carbonyl (C=O) groups excluding carboxylic acids is 3. The average Bonchev–Trinajstić information content (AvgIpc) is 3.25. The molecule has 0 spiro atoms. The van der Waals surface area contributed by atoms with Crippen molar-refractivity contribution in [2.45, 2.75) is 50.1 Å². The normalized spacial score (nSPS) is 22.2. The lowest BCUT2D eigenvalue weighted by atomic mass is 9.86. The highest BCUT2D eigenvalue weighted by Crippen LogP contribution is 2.31. The van der Waals surface area contributed by atoms with Crippen molar-refractivity contribution < 1.29 is 23.2 Å². The molecule has 1 atom stereocenters. The van der Waals surface area contributed by atoms with Crippen LogP contribution < -0.4 is 21.3 Å². The highest BCUT2D eigenvalue weighted by Gasteiger charge is 2.47. The number of hydrogen-bond donors (Lipinski definition) is 3. The van der Waals surface area contributed by atoms with Crippen LogP contribution in [0.4, 0.5) is 14.5 Å². The summed E-state index contributed by atoms with van der Waals surface area (Å²) in [5.74, 6) is -4.39. The number of halogens is 2. The van der Waals surface area contributed by atoms with Gasteiger partial charge in [0.05, 0.1) is 30.2 Å². The van der Waals surface area contributed by atoms with E-state index in [2.05, 4.69) is 15.6 Å². The molecule has 1 saturated heterocycles. The van der Waals surface area contributed by atoms with E-state index in [9.17, 15) is 23.2 Å². The second-order valence-electron chi connectivity index (χ2n) is 10.3. The molecule has 1 aliphatic carbocycles. The van der Waals surface area contributed by atoms with Gasteiger partial charge >= 0.3 is 0 Å². The van der Waals surface area contributed by atoms with Crippen LogP contribution in [-0.4, -0.2) is 78.8 Å². The van der Waals surface area contributed by atoms with Crippen molar-refractivity contribution >= 4 is 34.3 Å². The van der Waals surface area contributed by atoms with Crippen LogP contribution in [0.1, 0.15) is 42.5 Å². The van der Waals surface area contributed by atoms with E-state index in [0.29, 0.717) is 24.0 Å². The fraction of sp³-hybridized carbons (Fsp3) is 0.519. The smallest absolute Gasteiger partial charge is 0.268 e. The fourth-order valence-corrected chi connectivity index (χ4v) is 5.12. The summed E-state index contributed by atoms with van der Waals surface area (Å²) < 4.78 is 27.4. The number of carbonyl (C=O) groups is 3. The van der Waals surface area contributed by atoms with Crippen LogP contribution in [0.2, 0.25) is 0 Å². The molecule has 1 saturated carbocycles. The monoisotopic (exact) mass is 541 g/mol. The van der Waals surface area contributed by atoms with Gasteiger partial charge in [0.2, 0.25) is 11.8 Å². The number of anilines is 1. The van der Waals surface area contributed by atoms with Gasteiger partial charge in [-0.3, -0.25) is 19.4 Å². The number of pyridine rings is 1. The lowest BCUT2D eigenvalue weighted by molar-refractivity contribution is -0.131. The zero-order chi connectivity index (χ0) is 28.2. The highest BCUT2D eigenvalue weighted by molar-refractivity contribution is 6.07. The van der Waals surface area contributed by atoms with E-state index in [1.165, 1.54) is 12.3 Å². The zero-order valence-corrected chi connectivity index (χ0v) is 21.8. The fourth-order valence-electron chi connectivity index (χ4n) is 5.12. The van der Waals surface area contributed by atoms with E-state index in [0.717, 1.165) is 36.3 Å². The Morgan fingerprint density at radius 2 is 1.95 bits per heavy atom. The van der Waals surface area contributed by atoms with Gasteiger partial charge in [-0.1, -0.05) is 0 Å². The molecule has 1 aromatic carbocycles. The first kappa shape index (κ1) is 28.2. The summed E-state index contributed by atoms with van der Waals surface area (Å²) in [6.45, 7) is -0.357. The Hall–Kier alpha value is -3.85. The van der Waals surface area contributed by atoms with Crippen LogP contribution in [0.25, 0.3) is 10.9 Å². The SMILES string of the molecule is CN(CCNC(=O)[C@H]1CC[C@H](N)CC1)c1ccc2nccc(C(=O)NCC(=O)N3CC(F)(F)C[C@H]3C#N)c2c1. The first-order valence-corrected chi connectivity index (χ1v) is 13.1. The molecular formula is C27H33F2N7O3. The van der Waals surface area contributed by atoms with E-state index in [4.69, 9.17) is 11.0 Å². The van der Waals surface area contributed by atoms with Gasteiger partial charge in [-0.15, -0.1) is 0 Å². The van der Waals surface area contributed by atoms with Gasteiger partial charge in [0.25, 0.3) is 11.8 Å². The highest BCUT2D eigenvalue weighted by atomic mass is 19.3. The van der Waals surface area contributed by atoms with E-state index in [-0.39, 0.29) is 23.4 Å². The number of fused-ring (bicyclic) bond motifs is 1. The van der Waals surface area contributed by atoms with Crippen LogP contribution in [0.5, 0.6) is 0 Å². The number of likely N-dealkylation sites (tertiary alicyclic amines) is 1. The Bertz CT molecular complexity index is 1270. The summed E-state index contributed by atoms with van der Waals surface area (Å²) in [4.78, 5) is 45.0. The standard InChI is InChI=1S/C27H33F2N7O3/c1-35(11-10-33-25(38)17-2-4-18(31)5-3-17)19-6-7-23-22(12-19)21(8-9-32-23)26(39)34-15-24(37)36-16-27(28,29)13-20(36)14-30/h6-9,12,17-18,20H,2-5,10-11,13,15-16,31H2,1H3,(H,33,38)(H,34,39)/t17-,18-,20-/m0/s1. The molecule has 10 nitrogen and oxygen atoms in total. The quantitative estimate of drug-likeness (QED) is 0.462. The van der Waals surface area contributed by atoms with E-state index < -0.39 is 43.3 Å². The van der Waals surface area contributed by atoms with Gasteiger partial charge in [0.1, 0.15) is 6.04 Å². The number of aromatic nitrogens is 1. The van der Waals surface area contributed by atoms with Crippen LogP contribution in [0.3, 0.4) is 0 Å². The molecule has 4 rings (SSSR count). The summed E-state index contributed by atoms with van der Waals surface area (Å²) in [6, 6.07) is 7.63. The number of benzene rings is 1. The summed E-state index contributed by atoms with van der Waals surface area (Å²) in [5.41, 5.74) is 7.57. The lowest BCUT2D eigenvalue weighted by Gasteiger charge is -2.26. The molecule has 39 heavy (non-hydrogen) atoms. The van der Waals surface area contributed by atoms with Crippen molar-refractivity contribution in [3.8, 4) is 6.07 Å². The minimum atomic E-state index is -3.13. The molecule has 0 unspecified atom stereocenters. The molecule has 0 bridgehead atoms. The molecule has 12 heteroatoms. The Morgan fingerprint density at radius 3 is 2.67 bits per heavy atom. The maximum absolute atomic E-state index is 13.7. The molecule has 3 amide bonds. The van der Waals surface area contributed by atoms with Crippen molar-refractivity contribution in [3.63, 3.8) is 0 Å². The number of likely N-dealkylation sites (N-methyl/N-ethyl adjacent to an activating group) is 1. The second-order valence-corrected chi connectivity index (χ2v) is 10.3. The van der Waals surface area contributed by atoms with Crippen molar-refractivity contribution in [3.05, 3.63) is 36.0 Å². The average molecular weight is 542 g/mol. The first-order chi connectivity index (χ1) is 18.6. The van der Waals surface area contributed by atoms with Gasteiger partial charge in [-0.25, -0.2) is 8.78 Å². The van der Waals surface area contributed by atoms with Crippen molar-refractivity contribution in [2.24, 2.45) is 11.7 Å². The van der Waals surface area contributed by atoms with E-state index in [1.54, 1.807) is 18.2 Å². The summed E-state index contributed by atoms with van der Waals surface area (Å²) >= 11 is 0. The first-order valence-electron chi connectivity index (χ1n) is 13.1. The molecule has 2 aliphatic rings. The van der Waals surface area contributed by atoms with Gasteiger partial charge in [0, 0.05) is 55.8 Å². The van der Waals surface area contributed by atoms with Gasteiger partial charge in [-0.2, -0.15) is 5.26 Å². The topological polar surface area (TPSA) is 144 Å². The van der Waals surface area contributed by atoms with Gasteiger partial charge in [-0.05, 0) is 49.9 Å². The number of nitriles is 1. The summed E-state index contributed by atoms with van der Waals surface area (Å²) in [7, 11) is 1.87. The summed E-state index contributed by atoms with van der Waals surface area (Å²) in [6.07, 6.45) is 4.10. The number of rotatable bonds is 8. The number of nitrogens with two attached hydrogens (primary N) is 1. The number of nitrogens with zero attached hydrogens (tertiary/aromatic N) is 4. The minimum Gasteiger partial charge on any atom is -0.373 e. The predicted octanol–water partition coefficient (Wildman–Crippen LogP) is 1.79. The second kappa shape index (κ2) is 11.9. The van der Waals surface area contributed by atoms with Crippen LogP contribution in [0.15, 0.2) is 30.5 Å². The molecule has 0 radical (unpaired) electrons. The number of hydrogen-bond acceptors (Lipinski definition) is 7. The Kier molecular flexibility index (Phi) is 8.60. The van der Waals surface area contributed by atoms with Gasteiger partial charge < -0.3 is 26.2 Å². The predicted molar refractivity (Wildman–Crippen MR) is 141 cm³/mol. The van der Waals surface area contributed by atoms with E-state index >= 15 is 0 Å². The van der Waals surface area contributed by atoms with Gasteiger partial charge in [0.15, 0.2) is 0 Å². The Labute approximate surface area is 225 Å². The maximum atomic E-state index is 13.7. The molecular weight excluding hydrogens is 508 g/mol. The van der Waals surface area contributed by atoms with Crippen LogP contribution in [0, 0.1) is 17.2 Å². The third kappa shape index (κ3) is 6.78. The Balaban J connectivity index is 1.36. The number of amides is 3. The Morgan fingerprint density at radius 1 is 1.21 bits per heavy atom. The van der Waals surface area contributed by atoms with Crippen LogP contribution >= 0.6 is 0 Å². The summed E-state index contributed by atoms with van der Waals surface area (Å²) in [5, 5.41) is 15.1. The maximum Gasteiger partial charge on any atom is 0.268 e. The van der Waals surface area contributed by atoms with Crippen LogP contribution in [-0.2, 0) is 9.59 Å². The molecule has 1 aromatic heterocycles. The molecule has 2 aromatic rings. The molecule has 1 aliphatic heterocycles. The van der Waals surface area contributed by atoms with Crippen molar-refractivity contribution in [1.82, 2.24) is 20.5 Å². The third-order valence-electron chi connectivity index (χ3n) is 7.44. The number of nitrogens with one attached hydrogen (secondary N) is 2. The molecule has 208 valence electrons. The zero-order valence-electron chi connectivity index (χ0n) is 21.8. The minimum absolute atomic E-state index is 0.00236. The molecule has 4 N–H and O–H groups in total. The molecule has 2 heterocycles. The van der Waals surface area contributed by atoms with E-state index in [1.807, 2.05) is 18.0 Å². The van der Waals surface area contributed by atoms with Crippen molar-refractivity contribution in [1.29, 1.82) is 5.26 Å². The largest absolute Gasteiger partial charge is 0.373 e. The lowest BCUT2D eigenvalue weighted by Crippen LogP contribution is -2.43. The van der Waals surface area contributed by atoms with Crippen molar-refractivity contribution in [2.75, 3.05) is 38.1 Å². The third-order valence-corrected chi connectivity index (χ3v) is 7.44. The number of alkyl halides is 2.